The van der Waals surface area contributed by atoms with Crippen molar-refractivity contribution in [2.24, 2.45) is 10.9 Å². The molecule has 1 N–H and O–H groups in total. The van der Waals surface area contributed by atoms with E-state index < -0.39 is 23.8 Å². The van der Waals surface area contributed by atoms with Crippen LogP contribution in [0.15, 0.2) is 64.1 Å². The SMILES string of the molecule is O=C1NC(=O)N(c2ccc(Br)cc2)C(=O)[C@@H]1C=NCc1ccccc1. The lowest BCUT2D eigenvalue weighted by Crippen LogP contribution is -2.58. The molecule has 0 aromatic heterocycles. The van der Waals surface area contributed by atoms with Gasteiger partial charge in [0, 0.05) is 10.7 Å². The smallest absolute Gasteiger partial charge is 0.291 e. The fourth-order valence-electron chi connectivity index (χ4n) is 2.40. The van der Waals surface area contributed by atoms with Gasteiger partial charge in [-0.3, -0.25) is 19.9 Å². The summed E-state index contributed by atoms with van der Waals surface area (Å²) in [4.78, 5) is 41.8. The summed E-state index contributed by atoms with van der Waals surface area (Å²) in [6.07, 6.45) is 1.29. The van der Waals surface area contributed by atoms with E-state index in [1.807, 2.05) is 30.3 Å². The number of anilines is 1. The Labute approximate surface area is 152 Å². The number of hydrogen-bond donors (Lipinski definition) is 1. The summed E-state index contributed by atoms with van der Waals surface area (Å²) in [5.41, 5.74) is 1.35. The van der Waals surface area contributed by atoms with Gasteiger partial charge in [-0.05, 0) is 29.8 Å². The minimum atomic E-state index is -1.13. The number of urea groups is 1. The van der Waals surface area contributed by atoms with Gasteiger partial charge in [0.2, 0.25) is 5.91 Å². The van der Waals surface area contributed by atoms with Crippen molar-refractivity contribution in [2.45, 2.75) is 6.54 Å². The number of imide groups is 2. The molecule has 1 heterocycles. The van der Waals surface area contributed by atoms with Gasteiger partial charge in [0.15, 0.2) is 5.92 Å². The average Bonchev–Trinajstić information content (AvgIpc) is 2.60. The van der Waals surface area contributed by atoms with Crippen LogP contribution in [0.1, 0.15) is 5.56 Å². The van der Waals surface area contributed by atoms with Crippen LogP contribution in [0.4, 0.5) is 10.5 Å². The average molecular weight is 400 g/mol. The molecule has 0 unspecified atom stereocenters. The molecule has 25 heavy (non-hydrogen) atoms. The molecule has 4 amide bonds. The number of barbiturate groups is 1. The van der Waals surface area contributed by atoms with E-state index >= 15 is 0 Å². The quantitative estimate of drug-likeness (QED) is 0.633. The van der Waals surface area contributed by atoms with E-state index in [-0.39, 0.29) is 0 Å². The van der Waals surface area contributed by atoms with E-state index in [0.29, 0.717) is 12.2 Å². The Morgan fingerprint density at radius 1 is 1.04 bits per heavy atom. The molecule has 0 bridgehead atoms. The maximum absolute atomic E-state index is 12.6. The largest absolute Gasteiger partial charge is 0.335 e. The highest BCUT2D eigenvalue weighted by Crippen LogP contribution is 2.22. The van der Waals surface area contributed by atoms with Gasteiger partial charge >= 0.3 is 6.03 Å². The molecule has 7 heteroatoms. The molecule has 1 saturated heterocycles. The molecule has 1 fully saturated rings. The second kappa shape index (κ2) is 7.40. The number of nitrogens with one attached hydrogen (secondary N) is 1. The number of carbonyl (C=O) groups is 3. The Morgan fingerprint density at radius 2 is 1.72 bits per heavy atom. The van der Waals surface area contributed by atoms with Gasteiger partial charge in [-0.2, -0.15) is 0 Å². The van der Waals surface area contributed by atoms with Crippen molar-refractivity contribution >= 4 is 45.7 Å². The van der Waals surface area contributed by atoms with Crippen molar-refractivity contribution in [3.63, 3.8) is 0 Å². The van der Waals surface area contributed by atoms with Crippen molar-refractivity contribution < 1.29 is 14.4 Å². The fraction of sp³-hybridized carbons (Fsp3) is 0.111. The molecule has 1 aliphatic heterocycles. The summed E-state index contributed by atoms with van der Waals surface area (Å²) in [5, 5.41) is 2.20. The first kappa shape index (κ1) is 17.0. The first-order valence-electron chi connectivity index (χ1n) is 7.54. The van der Waals surface area contributed by atoms with Crippen molar-refractivity contribution in [1.82, 2.24) is 5.32 Å². The lowest BCUT2D eigenvalue weighted by molar-refractivity contribution is -0.131. The summed E-state index contributed by atoms with van der Waals surface area (Å²) >= 11 is 3.30. The number of amides is 4. The predicted molar refractivity (Wildman–Crippen MR) is 97.3 cm³/mol. The molecule has 0 aliphatic carbocycles. The molecule has 3 rings (SSSR count). The number of carbonyl (C=O) groups excluding carboxylic acids is 3. The third kappa shape index (κ3) is 3.83. The van der Waals surface area contributed by atoms with Crippen LogP contribution in [-0.4, -0.2) is 24.1 Å². The molecule has 0 saturated carbocycles. The molecular weight excluding hydrogens is 386 g/mol. The Kier molecular flexibility index (Phi) is 5.04. The van der Waals surface area contributed by atoms with Gasteiger partial charge in [-0.15, -0.1) is 0 Å². The van der Waals surface area contributed by atoms with Gasteiger partial charge in [0.25, 0.3) is 5.91 Å². The number of halogens is 1. The van der Waals surface area contributed by atoms with Crippen LogP contribution in [0.3, 0.4) is 0 Å². The third-order valence-corrected chi connectivity index (χ3v) is 4.19. The predicted octanol–water partition coefficient (Wildman–Crippen LogP) is 2.92. The Morgan fingerprint density at radius 3 is 2.40 bits per heavy atom. The van der Waals surface area contributed by atoms with Gasteiger partial charge in [-0.25, -0.2) is 9.69 Å². The normalized spacial score (nSPS) is 17.9. The molecule has 1 atom stereocenters. The van der Waals surface area contributed by atoms with Crippen LogP contribution in [0.25, 0.3) is 0 Å². The van der Waals surface area contributed by atoms with Crippen molar-refractivity contribution in [3.05, 3.63) is 64.6 Å². The van der Waals surface area contributed by atoms with E-state index in [2.05, 4.69) is 26.2 Å². The first-order valence-corrected chi connectivity index (χ1v) is 8.34. The monoisotopic (exact) mass is 399 g/mol. The van der Waals surface area contributed by atoms with Crippen molar-refractivity contribution in [1.29, 1.82) is 0 Å². The highest BCUT2D eigenvalue weighted by atomic mass is 79.9. The van der Waals surface area contributed by atoms with E-state index in [4.69, 9.17) is 0 Å². The number of benzene rings is 2. The van der Waals surface area contributed by atoms with Gasteiger partial charge in [0.1, 0.15) is 0 Å². The summed E-state index contributed by atoms with van der Waals surface area (Å²) in [6, 6.07) is 15.4. The summed E-state index contributed by atoms with van der Waals surface area (Å²) in [6.45, 7) is 0.351. The van der Waals surface area contributed by atoms with E-state index in [9.17, 15) is 14.4 Å². The second-order valence-corrected chi connectivity index (χ2v) is 6.31. The second-order valence-electron chi connectivity index (χ2n) is 5.40. The molecule has 2 aromatic carbocycles. The van der Waals surface area contributed by atoms with Crippen LogP contribution >= 0.6 is 15.9 Å². The minimum Gasteiger partial charge on any atom is -0.291 e. The van der Waals surface area contributed by atoms with Crippen molar-refractivity contribution in [3.8, 4) is 0 Å². The highest BCUT2D eigenvalue weighted by Gasteiger charge is 2.40. The zero-order chi connectivity index (χ0) is 17.8. The van der Waals surface area contributed by atoms with E-state index in [0.717, 1.165) is 14.9 Å². The number of aliphatic imine (C=N–C) groups is 1. The number of nitrogens with zero attached hydrogens (tertiary/aromatic N) is 2. The molecule has 6 nitrogen and oxygen atoms in total. The van der Waals surface area contributed by atoms with Crippen LogP contribution in [0, 0.1) is 5.92 Å². The maximum Gasteiger partial charge on any atom is 0.335 e. The zero-order valence-electron chi connectivity index (χ0n) is 13.1. The van der Waals surface area contributed by atoms with Gasteiger partial charge < -0.3 is 0 Å². The fourth-order valence-corrected chi connectivity index (χ4v) is 2.67. The van der Waals surface area contributed by atoms with Crippen LogP contribution < -0.4 is 10.2 Å². The van der Waals surface area contributed by atoms with Crippen LogP contribution in [0.2, 0.25) is 0 Å². The van der Waals surface area contributed by atoms with E-state index in [1.165, 1.54) is 6.21 Å². The topological polar surface area (TPSA) is 78.8 Å². The molecule has 0 radical (unpaired) electrons. The number of hydrogen-bond acceptors (Lipinski definition) is 4. The third-order valence-electron chi connectivity index (χ3n) is 3.66. The van der Waals surface area contributed by atoms with Crippen molar-refractivity contribution in [2.75, 3.05) is 4.90 Å². The van der Waals surface area contributed by atoms with Gasteiger partial charge in [-0.1, -0.05) is 46.3 Å². The lowest BCUT2D eigenvalue weighted by atomic mass is 10.1. The number of rotatable bonds is 4. The van der Waals surface area contributed by atoms with Crippen LogP contribution in [-0.2, 0) is 16.1 Å². The summed E-state index contributed by atoms with van der Waals surface area (Å²) in [5.74, 6) is -2.42. The van der Waals surface area contributed by atoms with Gasteiger partial charge in [0.05, 0.1) is 12.2 Å². The summed E-state index contributed by atoms with van der Waals surface area (Å²) in [7, 11) is 0. The standard InChI is InChI=1S/C18H14BrN3O3/c19-13-6-8-14(9-7-13)22-17(24)15(16(23)21-18(22)25)11-20-10-12-4-2-1-3-5-12/h1-9,11,15H,10H2,(H,21,23,25)/t15-/m1/s1. The molecule has 1 aliphatic rings. The van der Waals surface area contributed by atoms with E-state index in [1.54, 1.807) is 24.3 Å². The Hall–Kier alpha value is -2.80. The molecule has 2 aromatic rings. The molecule has 126 valence electrons. The zero-order valence-corrected chi connectivity index (χ0v) is 14.6. The maximum atomic E-state index is 12.6. The summed E-state index contributed by atoms with van der Waals surface area (Å²) < 4.78 is 0.818. The molecule has 0 spiro atoms. The lowest BCUT2D eigenvalue weighted by Gasteiger charge is -2.28. The Bertz CT molecular complexity index is 834. The minimum absolute atomic E-state index is 0.351. The highest BCUT2D eigenvalue weighted by molar-refractivity contribution is 9.10. The van der Waals surface area contributed by atoms with Crippen LogP contribution in [0.5, 0.6) is 0 Å². The first-order chi connectivity index (χ1) is 12.1. The molecular formula is C18H14BrN3O3. The Balaban J connectivity index is 1.79.